The minimum absolute atomic E-state index is 0.0698. The van der Waals surface area contributed by atoms with E-state index in [1.54, 1.807) is 45.0 Å². The molecule has 0 unspecified atom stereocenters. The number of amides is 2. The molecule has 0 saturated heterocycles. The molecule has 2 N–H and O–H groups in total. The zero-order valence-corrected chi connectivity index (χ0v) is 16.4. The number of aliphatic hydroxyl groups excluding tert-OH is 1. The minimum atomic E-state index is -1.19. The maximum atomic E-state index is 12.9. The minimum Gasteiger partial charge on any atom is -0.467 e. The molecular formula is C19H28N2O6. The van der Waals surface area contributed by atoms with Crippen LogP contribution >= 0.6 is 0 Å². The van der Waals surface area contributed by atoms with Gasteiger partial charge in [-0.2, -0.15) is 0 Å². The molecule has 0 saturated carbocycles. The molecule has 0 bridgehead atoms. The molecule has 27 heavy (non-hydrogen) atoms. The summed E-state index contributed by atoms with van der Waals surface area (Å²) in [6, 6.07) is 6.84. The summed E-state index contributed by atoms with van der Waals surface area (Å²) >= 11 is 0. The number of alkyl carbamates (subject to hydrolysis) is 1. The zero-order chi connectivity index (χ0) is 20.6. The Balaban J connectivity index is 3.00. The Morgan fingerprint density at radius 2 is 1.78 bits per heavy atom. The summed E-state index contributed by atoms with van der Waals surface area (Å²) in [6.45, 7) is 6.07. The average molecular weight is 380 g/mol. The van der Waals surface area contributed by atoms with Crippen LogP contribution in [0.2, 0.25) is 0 Å². The van der Waals surface area contributed by atoms with Gasteiger partial charge in [0.1, 0.15) is 11.6 Å². The number of nitrogens with one attached hydrogen (secondary N) is 1. The Hall–Kier alpha value is -2.61. The van der Waals surface area contributed by atoms with E-state index in [0.717, 1.165) is 5.56 Å². The van der Waals surface area contributed by atoms with Gasteiger partial charge in [0.05, 0.1) is 13.7 Å². The summed E-state index contributed by atoms with van der Waals surface area (Å²) in [5.74, 6) is -1.29. The second-order valence-electron chi connectivity index (χ2n) is 7.04. The highest BCUT2D eigenvalue weighted by Gasteiger charge is 2.33. The standard InChI is InChI=1S/C19H28N2O6/c1-13(20-18(25)27-19(2,3)4)16(23)21(15(12-22)17(24)26-5)11-14-9-7-6-8-10-14/h6-10,13,15,22H,11-12H2,1-5H3,(H,20,25)/t13-,15-/m1/s1. The molecule has 0 spiro atoms. The first-order valence-electron chi connectivity index (χ1n) is 8.61. The fourth-order valence-electron chi connectivity index (χ4n) is 2.35. The Labute approximate surface area is 159 Å². The molecule has 2 amide bonds. The summed E-state index contributed by atoms with van der Waals surface area (Å²) in [4.78, 5) is 38.1. The van der Waals surface area contributed by atoms with Gasteiger partial charge in [-0.05, 0) is 33.3 Å². The monoisotopic (exact) mass is 380 g/mol. The van der Waals surface area contributed by atoms with Crippen molar-refractivity contribution in [1.82, 2.24) is 10.2 Å². The van der Waals surface area contributed by atoms with E-state index in [9.17, 15) is 19.5 Å². The van der Waals surface area contributed by atoms with Gasteiger partial charge >= 0.3 is 12.1 Å². The molecule has 1 aromatic rings. The summed E-state index contributed by atoms with van der Waals surface area (Å²) in [5, 5.41) is 12.1. The van der Waals surface area contributed by atoms with Crippen LogP contribution in [0.5, 0.6) is 0 Å². The van der Waals surface area contributed by atoms with Crippen molar-refractivity contribution >= 4 is 18.0 Å². The van der Waals surface area contributed by atoms with Gasteiger partial charge in [0.15, 0.2) is 6.04 Å². The maximum absolute atomic E-state index is 12.9. The van der Waals surface area contributed by atoms with Crippen LogP contribution in [-0.4, -0.2) is 59.4 Å². The van der Waals surface area contributed by atoms with Gasteiger partial charge in [0.2, 0.25) is 5.91 Å². The Morgan fingerprint density at radius 1 is 1.19 bits per heavy atom. The lowest BCUT2D eigenvalue weighted by molar-refractivity contribution is -0.155. The predicted octanol–water partition coefficient (Wildman–Crippen LogP) is 1.46. The van der Waals surface area contributed by atoms with Gasteiger partial charge in [-0.15, -0.1) is 0 Å². The van der Waals surface area contributed by atoms with Crippen molar-refractivity contribution in [2.24, 2.45) is 0 Å². The van der Waals surface area contributed by atoms with Crippen LogP contribution in [0.25, 0.3) is 0 Å². The molecule has 0 fully saturated rings. The lowest BCUT2D eigenvalue weighted by atomic mass is 10.1. The lowest BCUT2D eigenvalue weighted by Gasteiger charge is -2.31. The summed E-state index contributed by atoms with van der Waals surface area (Å²) in [5.41, 5.74) is 0.0497. The fourth-order valence-corrected chi connectivity index (χ4v) is 2.35. The quantitative estimate of drug-likeness (QED) is 0.694. The number of hydrogen-bond acceptors (Lipinski definition) is 6. The van der Waals surface area contributed by atoms with Crippen LogP contribution in [0.3, 0.4) is 0 Å². The number of aliphatic hydroxyl groups is 1. The predicted molar refractivity (Wildman–Crippen MR) is 98.7 cm³/mol. The topological polar surface area (TPSA) is 105 Å². The van der Waals surface area contributed by atoms with Gasteiger partial charge in [-0.25, -0.2) is 9.59 Å². The number of carbonyl (C=O) groups is 3. The number of hydrogen-bond donors (Lipinski definition) is 2. The number of benzene rings is 1. The van der Waals surface area contributed by atoms with Crippen molar-refractivity contribution in [2.45, 2.75) is 51.9 Å². The molecule has 0 aliphatic heterocycles. The summed E-state index contributed by atoms with van der Waals surface area (Å²) in [6.07, 6.45) is -0.748. The van der Waals surface area contributed by atoms with Gasteiger partial charge < -0.3 is 24.8 Å². The van der Waals surface area contributed by atoms with E-state index >= 15 is 0 Å². The summed E-state index contributed by atoms with van der Waals surface area (Å²) in [7, 11) is 1.18. The van der Waals surface area contributed by atoms with Crippen LogP contribution in [0.15, 0.2) is 30.3 Å². The van der Waals surface area contributed by atoms with Crippen LogP contribution in [0.1, 0.15) is 33.3 Å². The van der Waals surface area contributed by atoms with E-state index in [0.29, 0.717) is 0 Å². The first-order chi connectivity index (χ1) is 12.6. The highest BCUT2D eigenvalue weighted by atomic mass is 16.6. The van der Waals surface area contributed by atoms with Gasteiger partial charge in [0, 0.05) is 6.54 Å². The highest BCUT2D eigenvalue weighted by molar-refractivity contribution is 5.89. The normalized spacial score (nSPS) is 13.3. The molecule has 0 heterocycles. The van der Waals surface area contributed by atoms with Crippen molar-refractivity contribution < 1.29 is 29.0 Å². The van der Waals surface area contributed by atoms with Gasteiger partial charge in [-0.1, -0.05) is 30.3 Å². The smallest absolute Gasteiger partial charge is 0.408 e. The van der Waals surface area contributed by atoms with Crippen molar-refractivity contribution in [1.29, 1.82) is 0 Å². The number of esters is 1. The number of rotatable bonds is 7. The van der Waals surface area contributed by atoms with Crippen LogP contribution in [-0.2, 0) is 25.6 Å². The molecule has 0 aliphatic rings. The molecule has 1 rings (SSSR count). The highest BCUT2D eigenvalue weighted by Crippen LogP contribution is 2.13. The molecule has 150 valence electrons. The van der Waals surface area contributed by atoms with Gasteiger partial charge in [-0.3, -0.25) is 4.79 Å². The van der Waals surface area contributed by atoms with Crippen molar-refractivity contribution in [3.05, 3.63) is 35.9 Å². The first-order valence-corrected chi connectivity index (χ1v) is 8.61. The third-order valence-corrected chi connectivity index (χ3v) is 3.60. The van der Waals surface area contributed by atoms with E-state index in [4.69, 9.17) is 9.47 Å². The average Bonchev–Trinajstić information content (AvgIpc) is 2.59. The van der Waals surface area contributed by atoms with Gasteiger partial charge in [0.25, 0.3) is 0 Å². The lowest BCUT2D eigenvalue weighted by Crippen LogP contribution is -2.54. The fraction of sp³-hybridized carbons (Fsp3) is 0.526. The van der Waals surface area contributed by atoms with E-state index in [1.165, 1.54) is 18.9 Å². The largest absolute Gasteiger partial charge is 0.467 e. The third-order valence-electron chi connectivity index (χ3n) is 3.60. The first kappa shape index (κ1) is 22.4. The molecule has 0 radical (unpaired) electrons. The van der Waals surface area contributed by atoms with Crippen LogP contribution in [0, 0.1) is 0 Å². The molecule has 8 heteroatoms. The van der Waals surface area contributed by atoms with E-state index in [1.807, 2.05) is 6.07 Å². The molecule has 0 aromatic heterocycles. The van der Waals surface area contributed by atoms with Crippen LogP contribution in [0.4, 0.5) is 4.79 Å². The van der Waals surface area contributed by atoms with E-state index in [2.05, 4.69) is 5.32 Å². The summed E-state index contributed by atoms with van der Waals surface area (Å²) < 4.78 is 9.84. The Kier molecular flexibility index (Phi) is 8.24. The van der Waals surface area contributed by atoms with Crippen molar-refractivity contribution in [3.63, 3.8) is 0 Å². The van der Waals surface area contributed by atoms with Crippen molar-refractivity contribution in [3.8, 4) is 0 Å². The zero-order valence-electron chi connectivity index (χ0n) is 16.4. The molecular weight excluding hydrogens is 352 g/mol. The number of carbonyl (C=O) groups excluding carboxylic acids is 3. The maximum Gasteiger partial charge on any atom is 0.408 e. The van der Waals surface area contributed by atoms with E-state index < -0.39 is 42.3 Å². The van der Waals surface area contributed by atoms with Crippen LogP contribution < -0.4 is 5.32 Å². The Morgan fingerprint density at radius 3 is 2.26 bits per heavy atom. The second-order valence-corrected chi connectivity index (χ2v) is 7.04. The van der Waals surface area contributed by atoms with E-state index in [-0.39, 0.29) is 6.54 Å². The Bertz CT molecular complexity index is 641. The number of methoxy groups -OCH3 is 1. The number of ether oxygens (including phenoxy) is 2. The molecule has 0 aliphatic carbocycles. The number of nitrogens with zero attached hydrogens (tertiary/aromatic N) is 1. The molecule has 8 nitrogen and oxygen atoms in total. The third kappa shape index (κ3) is 7.26. The molecule has 1 aromatic carbocycles. The molecule has 2 atom stereocenters. The SMILES string of the molecule is COC(=O)[C@@H](CO)N(Cc1ccccc1)C(=O)[C@@H](C)NC(=O)OC(C)(C)C. The van der Waals surface area contributed by atoms with Crippen molar-refractivity contribution in [2.75, 3.05) is 13.7 Å². The second kappa shape index (κ2) is 9.91.